The number of fused-ring (bicyclic) bond motifs is 1. The highest BCUT2D eigenvalue weighted by atomic mass is 14.9. The molecule has 1 aromatic carbocycles. The maximum atomic E-state index is 8.55. The molecular formula is C19H24N+. The highest BCUT2D eigenvalue weighted by Crippen LogP contribution is 2.32. The molecule has 1 heteroatoms. The van der Waals surface area contributed by atoms with Crippen LogP contribution in [0.4, 0.5) is 0 Å². The fourth-order valence-corrected chi connectivity index (χ4v) is 2.87. The fraction of sp³-hybridized carbons (Fsp3) is 0.421. The smallest absolute Gasteiger partial charge is 0.201 e. The molecule has 0 amide bonds. The fourth-order valence-electron chi connectivity index (χ4n) is 2.87. The Balaban J connectivity index is 2.19. The van der Waals surface area contributed by atoms with E-state index in [2.05, 4.69) is 0 Å². The second-order valence-corrected chi connectivity index (χ2v) is 5.58. The normalized spacial score (nSPS) is 29.1. The molecule has 1 unspecified atom stereocenters. The van der Waals surface area contributed by atoms with Gasteiger partial charge in [-0.05, 0) is 56.1 Å². The SMILES string of the molecule is [2H]C([2H])([2H])c1ccc(-c2cc3c(c[n+]2C)C([2H])(C)CCC3([2H])[2H])c(C)c1. The van der Waals surface area contributed by atoms with Gasteiger partial charge in [0.1, 0.15) is 7.05 Å². The number of nitrogens with zero attached hydrogens (tertiary/aromatic N) is 1. The van der Waals surface area contributed by atoms with Gasteiger partial charge in [0, 0.05) is 25.4 Å². The monoisotopic (exact) mass is 272 g/mol. The van der Waals surface area contributed by atoms with E-state index in [-0.39, 0.29) is 0 Å². The molecule has 20 heavy (non-hydrogen) atoms. The maximum Gasteiger partial charge on any atom is 0.212 e. The van der Waals surface area contributed by atoms with Gasteiger partial charge in [0.25, 0.3) is 0 Å². The summed E-state index contributed by atoms with van der Waals surface area (Å²) >= 11 is 0. The standard InChI is InChI=1S/C19H24N/c1-13-8-9-17(15(3)10-13)19-11-16-7-5-6-14(2)18(16)12-20(19)4/h8-12,14H,5-7H2,1-4H3/q+1/i1D3,7D2,14D. The molecule has 1 aliphatic carbocycles. The van der Waals surface area contributed by atoms with Crippen LogP contribution in [0.5, 0.6) is 0 Å². The van der Waals surface area contributed by atoms with Crippen LogP contribution in [0.1, 0.15) is 56.1 Å². The van der Waals surface area contributed by atoms with Crippen molar-refractivity contribution in [2.75, 3.05) is 0 Å². The lowest BCUT2D eigenvalue weighted by Crippen LogP contribution is -2.33. The van der Waals surface area contributed by atoms with Gasteiger partial charge in [0.05, 0.1) is 0 Å². The molecule has 104 valence electrons. The van der Waals surface area contributed by atoms with Gasteiger partial charge < -0.3 is 0 Å². The molecule has 1 heterocycles. The summed E-state index contributed by atoms with van der Waals surface area (Å²) in [5, 5.41) is 0. The Morgan fingerprint density at radius 3 is 3.00 bits per heavy atom. The third-order valence-electron chi connectivity index (χ3n) is 4.05. The predicted octanol–water partition coefficient (Wildman–Crippen LogP) is 4.23. The number of rotatable bonds is 1. The van der Waals surface area contributed by atoms with Crippen LogP contribution in [0.25, 0.3) is 11.3 Å². The zero-order valence-corrected chi connectivity index (χ0v) is 12.2. The van der Waals surface area contributed by atoms with Gasteiger partial charge in [-0.3, -0.25) is 0 Å². The van der Waals surface area contributed by atoms with Crippen LogP contribution in [-0.4, -0.2) is 0 Å². The first-order chi connectivity index (χ1) is 11.8. The van der Waals surface area contributed by atoms with Crippen LogP contribution >= 0.6 is 0 Å². The molecule has 1 aliphatic rings. The van der Waals surface area contributed by atoms with Crippen LogP contribution < -0.4 is 4.57 Å². The van der Waals surface area contributed by atoms with Crippen molar-refractivity contribution in [1.82, 2.24) is 0 Å². The molecule has 0 saturated heterocycles. The van der Waals surface area contributed by atoms with E-state index in [9.17, 15) is 0 Å². The second-order valence-electron chi connectivity index (χ2n) is 5.58. The Morgan fingerprint density at radius 2 is 2.25 bits per heavy atom. The van der Waals surface area contributed by atoms with Crippen LogP contribution in [0.2, 0.25) is 0 Å². The zero-order valence-electron chi connectivity index (χ0n) is 18.2. The number of hydrogen-bond acceptors (Lipinski definition) is 0. The van der Waals surface area contributed by atoms with Gasteiger partial charge in [0.15, 0.2) is 6.20 Å². The van der Waals surface area contributed by atoms with Gasteiger partial charge in [-0.1, -0.05) is 24.6 Å². The molecule has 1 aromatic heterocycles. The van der Waals surface area contributed by atoms with Gasteiger partial charge in [-0.15, -0.1) is 0 Å². The van der Waals surface area contributed by atoms with E-state index in [1.54, 1.807) is 18.2 Å². The minimum Gasteiger partial charge on any atom is -0.201 e. The molecule has 0 bridgehead atoms. The maximum absolute atomic E-state index is 8.55. The van der Waals surface area contributed by atoms with E-state index >= 15 is 0 Å². The van der Waals surface area contributed by atoms with Crippen molar-refractivity contribution in [2.45, 2.75) is 45.8 Å². The first kappa shape index (κ1) is 7.97. The Hall–Kier alpha value is -1.63. The summed E-state index contributed by atoms with van der Waals surface area (Å²) in [5.41, 5.74) is 4.11. The van der Waals surface area contributed by atoms with E-state index in [4.69, 9.17) is 8.22 Å². The van der Waals surface area contributed by atoms with Crippen LogP contribution in [0, 0.1) is 13.8 Å². The average Bonchev–Trinajstić information content (AvgIpc) is 2.51. The van der Waals surface area contributed by atoms with Gasteiger partial charge in [0.2, 0.25) is 5.69 Å². The van der Waals surface area contributed by atoms with E-state index in [0.29, 0.717) is 24.0 Å². The summed E-state index contributed by atoms with van der Waals surface area (Å²) in [6.07, 6.45) is 1.19. The molecule has 0 saturated carbocycles. The molecule has 0 spiro atoms. The third-order valence-corrected chi connectivity index (χ3v) is 4.05. The lowest BCUT2D eigenvalue weighted by atomic mass is 9.84. The van der Waals surface area contributed by atoms with Crippen molar-refractivity contribution < 1.29 is 12.8 Å². The van der Waals surface area contributed by atoms with Crippen molar-refractivity contribution in [3.05, 3.63) is 52.7 Å². The van der Waals surface area contributed by atoms with Crippen LogP contribution in [-0.2, 0) is 13.4 Å². The molecule has 0 aliphatic heterocycles. The molecule has 1 atom stereocenters. The van der Waals surface area contributed by atoms with E-state index in [1.807, 2.05) is 37.7 Å². The first-order valence-electron chi connectivity index (χ1n) is 9.99. The number of pyridine rings is 1. The highest BCUT2D eigenvalue weighted by Gasteiger charge is 2.23. The molecule has 0 N–H and O–H groups in total. The Bertz CT molecular complexity index is 867. The van der Waals surface area contributed by atoms with Crippen molar-refractivity contribution >= 4 is 0 Å². The topological polar surface area (TPSA) is 3.88 Å². The second kappa shape index (κ2) is 5.05. The van der Waals surface area contributed by atoms with E-state index < -0.39 is 19.1 Å². The van der Waals surface area contributed by atoms with Crippen molar-refractivity contribution in [3.63, 3.8) is 0 Å². The molecule has 2 aromatic rings. The molecule has 0 fully saturated rings. The van der Waals surface area contributed by atoms with Crippen molar-refractivity contribution in [1.29, 1.82) is 0 Å². The summed E-state index contributed by atoms with van der Waals surface area (Å²) in [5.74, 6) is -0.808. The molecule has 0 radical (unpaired) electrons. The lowest BCUT2D eigenvalue weighted by Gasteiger charge is -2.21. The summed E-state index contributed by atoms with van der Waals surface area (Å²) in [6, 6.07) is 6.90. The van der Waals surface area contributed by atoms with Gasteiger partial charge in [-0.2, -0.15) is 0 Å². The van der Waals surface area contributed by atoms with Gasteiger partial charge >= 0.3 is 0 Å². The summed E-state index contributed by atoms with van der Waals surface area (Å²) in [6.45, 7) is 1.55. The minimum absolute atomic E-state index is 0.299. The lowest BCUT2D eigenvalue weighted by molar-refractivity contribution is -0.661. The van der Waals surface area contributed by atoms with E-state index in [0.717, 1.165) is 22.4 Å². The summed E-state index contributed by atoms with van der Waals surface area (Å²) in [4.78, 5) is 0. The van der Waals surface area contributed by atoms with Crippen LogP contribution in [0.15, 0.2) is 30.5 Å². The number of benzene rings is 1. The average molecular weight is 272 g/mol. The van der Waals surface area contributed by atoms with Crippen LogP contribution in [0.3, 0.4) is 0 Å². The zero-order chi connectivity index (χ0) is 19.5. The highest BCUT2D eigenvalue weighted by molar-refractivity contribution is 5.62. The first-order valence-corrected chi connectivity index (χ1v) is 6.99. The number of aromatic nitrogens is 1. The molecule has 1 nitrogen and oxygen atoms in total. The number of aryl methyl sites for hydroxylation is 4. The number of hydrogen-bond donors (Lipinski definition) is 0. The Kier molecular flexibility index (Phi) is 2.01. The summed E-state index contributed by atoms with van der Waals surface area (Å²) < 4.78 is 49.9. The Labute approximate surface area is 130 Å². The van der Waals surface area contributed by atoms with Crippen molar-refractivity contribution in [2.24, 2.45) is 7.05 Å². The quantitative estimate of drug-likeness (QED) is 0.684. The molecular weight excluding hydrogens is 242 g/mol. The minimum atomic E-state index is -2.15. The molecule has 3 rings (SSSR count). The van der Waals surface area contributed by atoms with E-state index in [1.165, 1.54) is 0 Å². The predicted molar refractivity (Wildman–Crippen MR) is 83.9 cm³/mol. The third kappa shape index (κ3) is 2.26. The Morgan fingerprint density at radius 1 is 1.40 bits per heavy atom. The van der Waals surface area contributed by atoms with Crippen molar-refractivity contribution in [3.8, 4) is 11.3 Å². The largest absolute Gasteiger partial charge is 0.212 e. The van der Waals surface area contributed by atoms with Gasteiger partial charge in [-0.25, -0.2) is 4.57 Å². The summed E-state index contributed by atoms with van der Waals surface area (Å²) in [7, 11) is 1.88.